The number of thiazole rings is 1. The number of hydrogen-bond acceptors (Lipinski definition) is 4. The maximum atomic E-state index is 4.53. The fraction of sp³-hybridized carbons (Fsp3) is 0.455. The number of fused-ring (bicyclic) bond motifs is 1. The second kappa shape index (κ2) is 4.68. The number of hydrogen-bond donors (Lipinski definition) is 1. The number of rotatable bonds is 4. The van der Waals surface area contributed by atoms with Crippen molar-refractivity contribution >= 4 is 21.6 Å². The lowest BCUT2D eigenvalue weighted by Crippen LogP contribution is -2.24. The first-order valence-electron chi connectivity index (χ1n) is 5.18. The van der Waals surface area contributed by atoms with Crippen molar-refractivity contribution in [3.8, 4) is 0 Å². The van der Waals surface area contributed by atoms with Crippen molar-refractivity contribution in [1.82, 2.24) is 15.3 Å². The SMILES string of the molecule is CC(C)NCCc1nc2cnccc2s1. The van der Waals surface area contributed by atoms with Gasteiger partial charge in [-0.1, -0.05) is 13.8 Å². The molecule has 0 saturated carbocycles. The van der Waals surface area contributed by atoms with Gasteiger partial charge in [0.05, 0.1) is 21.4 Å². The highest BCUT2D eigenvalue weighted by Crippen LogP contribution is 2.20. The van der Waals surface area contributed by atoms with E-state index in [0.29, 0.717) is 6.04 Å². The zero-order valence-electron chi connectivity index (χ0n) is 9.03. The topological polar surface area (TPSA) is 37.8 Å². The molecule has 0 amide bonds. The van der Waals surface area contributed by atoms with E-state index in [0.717, 1.165) is 18.5 Å². The predicted molar refractivity (Wildman–Crippen MR) is 64.3 cm³/mol. The van der Waals surface area contributed by atoms with Gasteiger partial charge in [0.25, 0.3) is 0 Å². The summed E-state index contributed by atoms with van der Waals surface area (Å²) in [6, 6.07) is 2.56. The van der Waals surface area contributed by atoms with Gasteiger partial charge in [-0.15, -0.1) is 11.3 Å². The molecule has 80 valence electrons. The summed E-state index contributed by atoms with van der Waals surface area (Å²) < 4.78 is 1.23. The highest BCUT2D eigenvalue weighted by molar-refractivity contribution is 7.18. The Kier molecular flexibility index (Phi) is 3.28. The molecule has 1 N–H and O–H groups in total. The van der Waals surface area contributed by atoms with E-state index in [1.807, 2.05) is 18.5 Å². The molecule has 0 fully saturated rings. The minimum Gasteiger partial charge on any atom is -0.314 e. The number of pyridine rings is 1. The Morgan fingerprint density at radius 3 is 3.07 bits per heavy atom. The second-order valence-corrected chi connectivity index (χ2v) is 4.93. The van der Waals surface area contributed by atoms with E-state index in [2.05, 4.69) is 29.1 Å². The molecule has 0 bridgehead atoms. The van der Waals surface area contributed by atoms with Crippen LogP contribution in [0.1, 0.15) is 18.9 Å². The second-order valence-electron chi connectivity index (χ2n) is 3.81. The molecule has 0 aliphatic carbocycles. The van der Waals surface area contributed by atoms with Gasteiger partial charge in [-0.2, -0.15) is 0 Å². The van der Waals surface area contributed by atoms with Crippen LogP contribution in [0.25, 0.3) is 10.2 Å². The Balaban J connectivity index is 2.03. The lowest BCUT2D eigenvalue weighted by atomic mass is 10.3. The van der Waals surface area contributed by atoms with Crippen molar-refractivity contribution in [3.63, 3.8) is 0 Å². The fourth-order valence-electron chi connectivity index (χ4n) is 1.40. The monoisotopic (exact) mass is 221 g/mol. The van der Waals surface area contributed by atoms with Crippen LogP contribution in [0.5, 0.6) is 0 Å². The largest absolute Gasteiger partial charge is 0.314 e. The smallest absolute Gasteiger partial charge is 0.0998 e. The molecular formula is C11H15N3S. The van der Waals surface area contributed by atoms with Crippen LogP contribution < -0.4 is 5.32 Å². The van der Waals surface area contributed by atoms with E-state index < -0.39 is 0 Å². The third-order valence-corrected chi connectivity index (χ3v) is 3.22. The highest BCUT2D eigenvalue weighted by Gasteiger charge is 2.03. The van der Waals surface area contributed by atoms with E-state index in [9.17, 15) is 0 Å². The lowest BCUT2D eigenvalue weighted by molar-refractivity contribution is 0.590. The van der Waals surface area contributed by atoms with Crippen LogP contribution in [-0.2, 0) is 6.42 Å². The maximum absolute atomic E-state index is 4.53. The van der Waals surface area contributed by atoms with E-state index in [1.54, 1.807) is 11.3 Å². The van der Waals surface area contributed by atoms with Crippen molar-refractivity contribution < 1.29 is 0 Å². The quantitative estimate of drug-likeness (QED) is 0.860. The molecule has 0 saturated heterocycles. The molecule has 0 aliphatic rings. The van der Waals surface area contributed by atoms with E-state index in [1.165, 1.54) is 9.71 Å². The molecule has 0 aliphatic heterocycles. The standard InChI is InChI=1S/C11H15N3S/c1-8(2)13-6-4-11-14-9-7-12-5-3-10(9)15-11/h3,5,7-8,13H,4,6H2,1-2H3. The Bertz CT molecular complexity index is 403. The van der Waals surface area contributed by atoms with E-state index >= 15 is 0 Å². The minimum atomic E-state index is 0.543. The Hall–Kier alpha value is -1.00. The Morgan fingerprint density at radius 1 is 1.47 bits per heavy atom. The third-order valence-electron chi connectivity index (χ3n) is 2.13. The third kappa shape index (κ3) is 2.73. The first-order valence-corrected chi connectivity index (χ1v) is 6.00. The summed E-state index contributed by atoms with van der Waals surface area (Å²) in [7, 11) is 0. The number of nitrogens with one attached hydrogen (secondary N) is 1. The molecule has 0 unspecified atom stereocenters. The number of aromatic nitrogens is 2. The molecule has 0 atom stereocenters. The van der Waals surface area contributed by atoms with Crippen molar-refractivity contribution in [2.45, 2.75) is 26.3 Å². The normalized spacial score (nSPS) is 11.4. The van der Waals surface area contributed by atoms with Crippen LogP contribution in [0.3, 0.4) is 0 Å². The summed E-state index contributed by atoms with van der Waals surface area (Å²) in [6.07, 6.45) is 4.64. The minimum absolute atomic E-state index is 0.543. The van der Waals surface area contributed by atoms with Gasteiger partial charge < -0.3 is 5.32 Å². The zero-order valence-corrected chi connectivity index (χ0v) is 9.84. The van der Waals surface area contributed by atoms with Crippen LogP contribution in [0.4, 0.5) is 0 Å². The van der Waals surface area contributed by atoms with Gasteiger partial charge in [0.1, 0.15) is 0 Å². The van der Waals surface area contributed by atoms with Crippen LogP contribution in [0, 0.1) is 0 Å². The fourth-order valence-corrected chi connectivity index (χ4v) is 2.34. The molecular weight excluding hydrogens is 206 g/mol. The predicted octanol–water partition coefficient (Wildman–Crippen LogP) is 2.23. The summed E-state index contributed by atoms with van der Waals surface area (Å²) in [5.74, 6) is 0. The van der Waals surface area contributed by atoms with Crippen molar-refractivity contribution in [3.05, 3.63) is 23.5 Å². The molecule has 2 heterocycles. The van der Waals surface area contributed by atoms with Crippen molar-refractivity contribution in [2.75, 3.05) is 6.54 Å². The molecule has 2 aromatic heterocycles. The zero-order chi connectivity index (χ0) is 10.7. The molecule has 2 aromatic rings. The van der Waals surface area contributed by atoms with Gasteiger partial charge in [0.2, 0.25) is 0 Å². The van der Waals surface area contributed by atoms with Crippen LogP contribution in [0.15, 0.2) is 18.5 Å². The molecule has 0 aromatic carbocycles. The molecule has 0 spiro atoms. The molecule has 2 rings (SSSR count). The Morgan fingerprint density at radius 2 is 2.33 bits per heavy atom. The number of nitrogens with zero attached hydrogens (tertiary/aromatic N) is 2. The highest BCUT2D eigenvalue weighted by atomic mass is 32.1. The van der Waals surface area contributed by atoms with E-state index in [-0.39, 0.29) is 0 Å². The van der Waals surface area contributed by atoms with E-state index in [4.69, 9.17) is 0 Å². The molecule has 3 nitrogen and oxygen atoms in total. The molecule has 15 heavy (non-hydrogen) atoms. The van der Waals surface area contributed by atoms with Gasteiger partial charge in [-0.05, 0) is 6.07 Å². The summed E-state index contributed by atoms with van der Waals surface area (Å²) in [5, 5.41) is 4.58. The summed E-state index contributed by atoms with van der Waals surface area (Å²) in [5.41, 5.74) is 1.02. The van der Waals surface area contributed by atoms with Crippen LogP contribution in [-0.4, -0.2) is 22.6 Å². The van der Waals surface area contributed by atoms with Gasteiger partial charge in [-0.25, -0.2) is 4.98 Å². The summed E-state index contributed by atoms with van der Waals surface area (Å²) >= 11 is 1.76. The van der Waals surface area contributed by atoms with Gasteiger partial charge in [0, 0.05) is 25.2 Å². The average Bonchev–Trinajstić information content (AvgIpc) is 2.59. The van der Waals surface area contributed by atoms with Crippen LogP contribution in [0.2, 0.25) is 0 Å². The van der Waals surface area contributed by atoms with Gasteiger partial charge in [-0.3, -0.25) is 4.98 Å². The van der Waals surface area contributed by atoms with Gasteiger partial charge >= 0.3 is 0 Å². The Labute approximate surface area is 93.6 Å². The van der Waals surface area contributed by atoms with Crippen molar-refractivity contribution in [2.24, 2.45) is 0 Å². The average molecular weight is 221 g/mol. The first kappa shape index (κ1) is 10.5. The maximum Gasteiger partial charge on any atom is 0.0998 e. The summed E-state index contributed by atoms with van der Waals surface area (Å²) in [4.78, 5) is 8.59. The lowest BCUT2D eigenvalue weighted by Gasteiger charge is -2.05. The van der Waals surface area contributed by atoms with Gasteiger partial charge in [0.15, 0.2) is 0 Å². The van der Waals surface area contributed by atoms with Crippen molar-refractivity contribution in [1.29, 1.82) is 0 Å². The molecule has 4 heteroatoms. The summed E-state index contributed by atoms with van der Waals surface area (Å²) in [6.45, 7) is 5.30. The first-order chi connectivity index (χ1) is 7.25. The van der Waals surface area contributed by atoms with Crippen LogP contribution >= 0.6 is 11.3 Å². The molecule has 0 radical (unpaired) electrons.